The molecule has 5 nitrogen and oxygen atoms in total. The number of hydrogen-bond donors (Lipinski definition) is 2. The van der Waals surface area contributed by atoms with Crippen LogP contribution in [-0.2, 0) is 19.6 Å². The molecule has 0 aliphatic heterocycles. The molecule has 2 aromatic carbocycles. The predicted molar refractivity (Wildman–Crippen MR) is 106 cm³/mol. The van der Waals surface area contributed by atoms with Crippen LogP contribution in [-0.4, -0.2) is 22.8 Å². The largest absolute Gasteiger partial charge is 0.352 e. The van der Waals surface area contributed by atoms with E-state index in [2.05, 4.69) is 76.2 Å². The van der Waals surface area contributed by atoms with Crippen LogP contribution < -0.4 is 10.6 Å². The Bertz CT molecular complexity index is 852. The van der Waals surface area contributed by atoms with Gasteiger partial charge in [0.15, 0.2) is 5.96 Å². The van der Waals surface area contributed by atoms with Crippen LogP contribution in [0.5, 0.6) is 0 Å². The van der Waals surface area contributed by atoms with Gasteiger partial charge in [-0.15, -0.1) is 0 Å². The second-order valence-electron chi connectivity index (χ2n) is 6.29. The zero-order valence-corrected chi connectivity index (χ0v) is 15.3. The van der Waals surface area contributed by atoms with E-state index >= 15 is 0 Å². The second kappa shape index (κ2) is 8.85. The summed E-state index contributed by atoms with van der Waals surface area (Å²) >= 11 is 0. The maximum Gasteiger partial charge on any atom is 0.191 e. The maximum atomic E-state index is 4.30. The van der Waals surface area contributed by atoms with Crippen LogP contribution in [0.15, 0.2) is 72.0 Å². The van der Waals surface area contributed by atoms with Crippen molar-refractivity contribution in [3.63, 3.8) is 0 Å². The molecule has 2 N–H and O–H groups in total. The van der Waals surface area contributed by atoms with E-state index < -0.39 is 0 Å². The summed E-state index contributed by atoms with van der Waals surface area (Å²) in [5, 5.41) is 11.0. The molecular formula is C21H25N5. The molecule has 26 heavy (non-hydrogen) atoms. The van der Waals surface area contributed by atoms with Crippen LogP contribution >= 0.6 is 0 Å². The Hall–Kier alpha value is -3.08. The fraction of sp³-hybridized carbons (Fsp3) is 0.238. The lowest BCUT2D eigenvalue weighted by Gasteiger charge is -2.13. The predicted octanol–water partition coefficient (Wildman–Crippen LogP) is 3.11. The van der Waals surface area contributed by atoms with Crippen molar-refractivity contribution in [2.45, 2.75) is 26.6 Å². The highest BCUT2D eigenvalue weighted by Gasteiger charge is 2.01. The van der Waals surface area contributed by atoms with Gasteiger partial charge >= 0.3 is 0 Å². The number of rotatable bonds is 6. The SMILES string of the molecule is CN=C(NCc1cccc(C)c1)NCc1cccc(Cn2cccn2)c1. The topological polar surface area (TPSA) is 54.2 Å². The summed E-state index contributed by atoms with van der Waals surface area (Å²) in [5.41, 5.74) is 4.96. The number of aromatic nitrogens is 2. The highest BCUT2D eigenvalue weighted by atomic mass is 15.3. The standard InChI is InChI=1S/C21H25N5/c1-17-6-3-7-18(12-17)14-23-21(22-2)24-15-19-8-4-9-20(13-19)16-26-11-5-10-25-26/h3-13H,14-16H2,1-2H3,(H2,22,23,24). The minimum Gasteiger partial charge on any atom is -0.352 e. The molecule has 0 bridgehead atoms. The normalized spacial score (nSPS) is 11.4. The molecule has 0 atom stereocenters. The molecule has 0 aliphatic carbocycles. The smallest absolute Gasteiger partial charge is 0.191 e. The van der Waals surface area contributed by atoms with Gasteiger partial charge < -0.3 is 10.6 Å². The molecule has 0 spiro atoms. The van der Waals surface area contributed by atoms with Gasteiger partial charge in [-0.05, 0) is 29.7 Å². The van der Waals surface area contributed by atoms with E-state index in [4.69, 9.17) is 0 Å². The Balaban J connectivity index is 1.53. The number of nitrogens with one attached hydrogen (secondary N) is 2. The first-order chi connectivity index (χ1) is 12.7. The molecule has 0 saturated carbocycles. The summed E-state index contributed by atoms with van der Waals surface area (Å²) < 4.78 is 1.93. The monoisotopic (exact) mass is 347 g/mol. The van der Waals surface area contributed by atoms with Gasteiger partial charge in [-0.25, -0.2) is 0 Å². The van der Waals surface area contributed by atoms with Gasteiger partial charge in [0, 0.05) is 32.5 Å². The molecule has 3 rings (SSSR count). The minimum absolute atomic E-state index is 0.723. The van der Waals surface area contributed by atoms with Crippen molar-refractivity contribution in [3.8, 4) is 0 Å². The number of aliphatic imine (C=N–C) groups is 1. The van der Waals surface area contributed by atoms with Gasteiger partial charge in [0.2, 0.25) is 0 Å². The summed E-state index contributed by atoms with van der Waals surface area (Å²) in [6.45, 7) is 4.36. The molecule has 0 radical (unpaired) electrons. The van der Waals surface area contributed by atoms with Crippen molar-refractivity contribution in [2.24, 2.45) is 4.99 Å². The van der Waals surface area contributed by atoms with Crippen LogP contribution in [0.4, 0.5) is 0 Å². The highest BCUT2D eigenvalue weighted by molar-refractivity contribution is 5.79. The van der Waals surface area contributed by atoms with E-state index in [0.717, 1.165) is 25.6 Å². The molecule has 3 aromatic rings. The Morgan fingerprint density at radius 1 is 0.962 bits per heavy atom. The van der Waals surface area contributed by atoms with Crippen molar-refractivity contribution in [1.82, 2.24) is 20.4 Å². The van der Waals surface area contributed by atoms with E-state index in [9.17, 15) is 0 Å². The number of guanidine groups is 1. The zero-order valence-electron chi connectivity index (χ0n) is 15.3. The average Bonchev–Trinajstić information content (AvgIpc) is 3.15. The van der Waals surface area contributed by atoms with Crippen molar-refractivity contribution in [2.75, 3.05) is 7.05 Å². The van der Waals surface area contributed by atoms with Gasteiger partial charge in [-0.1, -0.05) is 54.1 Å². The summed E-state index contributed by atoms with van der Waals surface area (Å²) in [6.07, 6.45) is 3.78. The third-order valence-corrected chi connectivity index (χ3v) is 4.12. The fourth-order valence-corrected chi connectivity index (χ4v) is 2.83. The summed E-state index contributed by atoms with van der Waals surface area (Å²) in [5.74, 6) is 0.795. The van der Waals surface area contributed by atoms with Crippen LogP contribution in [0.2, 0.25) is 0 Å². The Morgan fingerprint density at radius 2 is 1.65 bits per heavy atom. The van der Waals surface area contributed by atoms with Crippen LogP contribution in [0.3, 0.4) is 0 Å². The van der Waals surface area contributed by atoms with Gasteiger partial charge in [-0.3, -0.25) is 9.67 Å². The molecule has 5 heteroatoms. The first-order valence-electron chi connectivity index (χ1n) is 8.78. The maximum absolute atomic E-state index is 4.30. The zero-order chi connectivity index (χ0) is 18.2. The Labute approximate surface area is 154 Å². The number of hydrogen-bond acceptors (Lipinski definition) is 2. The highest BCUT2D eigenvalue weighted by Crippen LogP contribution is 2.07. The first kappa shape index (κ1) is 17.7. The van der Waals surface area contributed by atoms with E-state index in [1.807, 2.05) is 16.9 Å². The summed E-state index contributed by atoms with van der Waals surface area (Å²) in [6, 6.07) is 18.9. The molecule has 0 fully saturated rings. The van der Waals surface area contributed by atoms with Crippen molar-refractivity contribution >= 4 is 5.96 Å². The van der Waals surface area contributed by atoms with Crippen molar-refractivity contribution < 1.29 is 0 Å². The van der Waals surface area contributed by atoms with E-state index in [-0.39, 0.29) is 0 Å². The number of aryl methyl sites for hydroxylation is 1. The van der Waals surface area contributed by atoms with Crippen LogP contribution in [0.25, 0.3) is 0 Å². The molecule has 1 heterocycles. The number of nitrogens with zero attached hydrogens (tertiary/aromatic N) is 3. The first-order valence-corrected chi connectivity index (χ1v) is 8.78. The molecule has 0 saturated heterocycles. The lowest BCUT2D eigenvalue weighted by Crippen LogP contribution is -2.36. The third-order valence-electron chi connectivity index (χ3n) is 4.12. The summed E-state index contributed by atoms with van der Waals surface area (Å²) in [4.78, 5) is 4.30. The van der Waals surface area contributed by atoms with E-state index in [1.54, 1.807) is 13.2 Å². The molecular weight excluding hydrogens is 322 g/mol. The van der Waals surface area contributed by atoms with Gasteiger partial charge in [0.25, 0.3) is 0 Å². The summed E-state index contributed by atoms with van der Waals surface area (Å²) in [7, 11) is 1.79. The average molecular weight is 347 g/mol. The molecule has 134 valence electrons. The fourth-order valence-electron chi connectivity index (χ4n) is 2.83. The van der Waals surface area contributed by atoms with Crippen molar-refractivity contribution in [3.05, 3.63) is 89.2 Å². The molecule has 0 amide bonds. The Morgan fingerprint density at radius 3 is 2.31 bits per heavy atom. The lowest BCUT2D eigenvalue weighted by atomic mass is 10.1. The van der Waals surface area contributed by atoms with Gasteiger partial charge in [0.05, 0.1) is 6.54 Å². The minimum atomic E-state index is 0.723. The second-order valence-corrected chi connectivity index (χ2v) is 6.29. The van der Waals surface area contributed by atoms with Crippen LogP contribution in [0.1, 0.15) is 22.3 Å². The molecule has 0 unspecified atom stereocenters. The molecule has 1 aromatic heterocycles. The third kappa shape index (κ3) is 5.21. The van der Waals surface area contributed by atoms with Crippen LogP contribution in [0, 0.1) is 6.92 Å². The van der Waals surface area contributed by atoms with Gasteiger partial charge in [-0.2, -0.15) is 5.10 Å². The number of benzene rings is 2. The van der Waals surface area contributed by atoms with Gasteiger partial charge in [0.1, 0.15) is 0 Å². The molecule has 0 aliphatic rings. The van der Waals surface area contributed by atoms with E-state index in [0.29, 0.717) is 0 Å². The Kier molecular flexibility index (Phi) is 6.04. The quantitative estimate of drug-likeness (QED) is 0.532. The van der Waals surface area contributed by atoms with Crippen molar-refractivity contribution in [1.29, 1.82) is 0 Å². The van der Waals surface area contributed by atoms with E-state index in [1.165, 1.54) is 22.3 Å². The lowest BCUT2D eigenvalue weighted by molar-refractivity contribution is 0.685.